The molecule has 2 nitrogen and oxygen atoms in total. The molecule has 1 atom stereocenters. The number of hydrogen-bond acceptors (Lipinski definition) is 3. The average Bonchev–Trinajstić information content (AvgIpc) is 2.58. The first-order chi connectivity index (χ1) is 9.07. The molecule has 0 aromatic heterocycles. The lowest BCUT2D eigenvalue weighted by atomic mass is 10.0. The molecule has 1 aromatic rings. The number of nitrogens with zero attached hydrogens (tertiary/aromatic N) is 1. The number of benzene rings is 1. The Hall–Kier alpha value is -0.510. The Morgan fingerprint density at radius 1 is 1.26 bits per heavy atom. The van der Waals surface area contributed by atoms with Gasteiger partial charge in [0.05, 0.1) is 0 Å². The van der Waals surface area contributed by atoms with Gasteiger partial charge in [0.25, 0.3) is 0 Å². The van der Waals surface area contributed by atoms with Crippen LogP contribution in [0.15, 0.2) is 30.3 Å². The molecule has 0 aliphatic carbocycles. The van der Waals surface area contributed by atoms with Gasteiger partial charge in [-0.15, -0.1) is 0 Å². The first-order valence-corrected chi connectivity index (χ1v) is 8.22. The van der Waals surface area contributed by atoms with Gasteiger partial charge in [-0.3, -0.25) is 0 Å². The maximum Gasteiger partial charge on any atom is 0.0307 e. The first-order valence-electron chi connectivity index (χ1n) is 7.24. The highest BCUT2D eigenvalue weighted by Crippen LogP contribution is 2.30. The van der Waals surface area contributed by atoms with Gasteiger partial charge in [-0.2, -0.15) is 11.8 Å². The molecule has 0 radical (unpaired) electrons. The van der Waals surface area contributed by atoms with Crippen LogP contribution >= 0.6 is 11.8 Å². The summed E-state index contributed by atoms with van der Waals surface area (Å²) in [6.07, 6.45) is 2.33. The van der Waals surface area contributed by atoms with Gasteiger partial charge < -0.3 is 10.6 Å². The molecule has 1 aliphatic heterocycles. The van der Waals surface area contributed by atoms with Gasteiger partial charge in [-0.05, 0) is 31.5 Å². The molecular formula is C16H26N2S. The molecule has 1 unspecified atom stereocenters. The molecule has 0 bridgehead atoms. The normalized spacial score (nSPS) is 21.8. The Labute approximate surface area is 121 Å². The van der Waals surface area contributed by atoms with Gasteiger partial charge >= 0.3 is 0 Å². The summed E-state index contributed by atoms with van der Waals surface area (Å²) in [4.78, 5) is 2.57. The molecule has 1 heterocycles. The Morgan fingerprint density at radius 3 is 2.74 bits per heavy atom. The van der Waals surface area contributed by atoms with Gasteiger partial charge in [0, 0.05) is 23.1 Å². The maximum atomic E-state index is 6.27. The molecule has 1 aromatic carbocycles. The van der Waals surface area contributed by atoms with E-state index >= 15 is 0 Å². The van der Waals surface area contributed by atoms with Crippen molar-refractivity contribution in [1.29, 1.82) is 0 Å². The van der Waals surface area contributed by atoms with Crippen LogP contribution in [-0.4, -0.2) is 35.0 Å². The fourth-order valence-electron chi connectivity index (χ4n) is 2.47. The van der Waals surface area contributed by atoms with Crippen molar-refractivity contribution in [2.24, 2.45) is 5.73 Å². The van der Waals surface area contributed by atoms with Crippen LogP contribution in [0.1, 0.15) is 38.3 Å². The topological polar surface area (TPSA) is 29.3 Å². The number of thioether (sulfide) groups is 1. The van der Waals surface area contributed by atoms with Crippen LogP contribution in [0.3, 0.4) is 0 Å². The van der Waals surface area contributed by atoms with Crippen LogP contribution in [0.2, 0.25) is 0 Å². The first kappa shape index (κ1) is 14.9. The summed E-state index contributed by atoms with van der Waals surface area (Å²) in [7, 11) is 0. The van der Waals surface area contributed by atoms with Crippen molar-refractivity contribution >= 4 is 11.8 Å². The molecule has 106 valence electrons. The van der Waals surface area contributed by atoms with E-state index in [4.69, 9.17) is 5.73 Å². The SMILES string of the molecule is CC1(C)CCN(CCC(N)c2ccccc2)CCS1. The van der Waals surface area contributed by atoms with Crippen molar-refractivity contribution in [2.45, 2.75) is 37.5 Å². The molecule has 1 saturated heterocycles. The van der Waals surface area contributed by atoms with Crippen LogP contribution in [0.4, 0.5) is 0 Å². The monoisotopic (exact) mass is 278 g/mol. The summed E-state index contributed by atoms with van der Waals surface area (Å²) < 4.78 is 0.441. The van der Waals surface area contributed by atoms with Crippen molar-refractivity contribution in [3.63, 3.8) is 0 Å². The Bertz CT molecular complexity index is 378. The highest BCUT2D eigenvalue weighted by atomic mass is 32.2. The molecule has 3 heteroatoms. The molecule has 2 N–H and O–H groups in total. The zero-order valence-corrected chi connectivity index (χ0v) is 13.0. The van der Waals surface area contributed by atoms with Crippen molar-refractivity contribution in [1.82, 2.24) is 4.90 Å². The lowest BCUT2D eigenvalue weighted by Crippen LogP contribution is -2.30. The fraction of sp³-hybridized carbons (Fsp3) is 0.625. The van der Waals surface area contributed by atoms with E-state index in [1.807, 2.05) is 6.07 Å². The summed E-state index contributed by atoms with van der Waals surface area (Å²) in [5.74, 6) is 1.24. The van der Waals surface area contributed by atoms with Crippen LogP contribution < -0.4 is 5.73 Å². The second-order valence-corrected chi connectivity index (χ2v) is 7.81. The summed E-state index contributed by atoms with van der Waals surface area (Å²) in [6.45, 7) is 8.25. The van der Waals surface area contributed by atoms with Crippen LogP contribution in [-0.2, 0) is 0 Å². The zero-order chi connectivity index (χ0) is 13.7. The minimum Gasteiger partial charge on any atom is -0.324 e. The molecular weight excluding hydrogens is 252 g/mol. The van der Waals surface area contributed by atoms with E-state index < -0.39 is 0 Å². The van der Waals surface area contributed by atoms with Crippen LogP contribution in [0.25, 0.3) is 0 Å². The fourth-order valence-corrected chi connectivity index (χ4v) is 3.61. The van der Waals surface area contributed by atoms with Gasteiger partial charge in [0.2, 0.25) is 0 Å². The van der Waals surface area contributed by atoms with E-state index in [1.54, 1.807) is 0 Å². The molecule has 0 saturated carbocycles. The third kappa shape index (κ3) is 4.83. The van der Waals surface area contributed by atoms with E-state index in [0.717, 1.165) is 13.0 Å². The second-order valence-electron chi connectivity index (χ2n) is 6.01. The van der Waals surface area contributed by atoms with E-state index in [0.29, 0.717) is 4.75 Å². The smallest absolute Gasteiger partial charge is 0.0307 e. The van der Waals surface area contributed by atoms with Crippen LogP contribution in [0, 0.1) is 0 Å². The van der Waals surface area contributed by atoms with Crippen molar-refractivity contribution < 1.29 is 0 Å². The standard InChI is InChI=1S/C16H26N2S/c1-16(2)9-11-18(12-13-19-16)10-8-15(17)14-6-4-3-5-7-14/h3-7,15H,8-13,17H2,1-2H3. The maximum absolute atomic E-state index is 6.27. The van der Waals surface area contributed by atoms with Crippen molar-refractivity contribution in [3.8, 4) is 0 Å². The Balaban J connectivity index is 1.79. The summed E-state index contributed by atoms with van der Waals surface area (Å²) in [5, 5.41) is 0. The minimum atomic E-state index is 0.171. The lowest BCUT2D eigenvalue weighted by Gasteiger charge is -2.23. The quantitative estimate of drug-likeness (QED) is 0.916. The predicted octanol–water partition coefficient (Wildman–Crippen LogP) is 3.29. The highest BCUT2D eigenvalue weighted by Gasteiger charge is 2.23. The lowest BCUT2D eigenvalue weighted by molar-refractivity contribution is 0.273. The van der Waals surface area contributed by atoms with E-state index in [9.17, 15) is 0 Å². The Kier molecular flexibility index (Phi) is 5.31. The number of rotatable bonds is 4. The molecule has 0 amide bonds. The molecule has 19 heavy (non-hydrogen) atoms. The van der Waals surface area contributed by atoms with E-state index in [1.165, 1.54) is 30.8 Å². The molecule has 0 spiro atoms. The summed E-state index contributed by atoms with van der Waals surface area (Å²) in [5.41, 5.74) is 7.53. The third-order valence-electron chi connectivity index (χ3n) is 3.91. The van der Waals surface area contributed by atoms with Gasteiger partial charge in [-0.25, -0.2) is 0 Å². The zero-order valence-electron chi connectivity index (χ0n) is 12.1. The molecule has 1 fully saturated rings. The van der Waals surface area contributed by atoms with Crippen LogP contribution in [0.5, 0.6) is 0 Å². The average molecular weight is 278 g/mol. The molecule has 1 aliphatic rings. The van der Waals surface area contributed by atoms with Crippen molar-refractivity contribution in [3.05, 3.63) is 35.9 Å². The predicted molar refractivity (Wildman–Crippen MR) is 85.6 cm³/mol. The number of hydrogen-bond donors (Lipinski definition) is 1. The van der Waals surface area contributed by atoms with E-state index in [-0.39, 0.29) is 6.04 Å². The second kappa shape index (κ2) is 6.78. The largest absolute Gasteiger partial charge is 0.324 e. The number of nitrogens with two attached hydrogens (primary N) is 1. The minimum absolute atomic E-state index is 0.171. The van der Waals surface area contributed by atoms with Gasteiger partial charge in [0.1, 0.15) is 0 Å². The molecule has 2 rings (SSSR count). The van der Waals surface area contributed by atoms with E-state index in [2.05, 4.69) is 54.8 Å². The van der Waals surface area contributed by atoms with Gasteiger partial charge in [-0.1, -0.05) is 44.2 Å². The third-order valence-corrected chi connectivity index (χ3v) is 5.29. The summed E-state index contributed by atoms with van der Waals surface area (Å²) in [6, 6.07) is 10.6. The van der Waals surface area contributed by atoms with Gasteiger partial charge in [0.15, 0.2) is 0 Å². The highest BCUT2D eigenvalue weighted by molar-refractivity contribution is 8.00. The summed E-state index contributed by atoms with van der Waals surface area (Å²) >= 11 is 2.10. The Morgan fingerprint density at radius 2 is 2.00 bits per heavy atom. The van der Waals surface area contributed by atoms with Crippen molar-refractivity contribution in [2.75, 3.05) is 25.4 Å².